The topological polar surface area (TPSA) is 33.7 Å². The first-order valence-electron chi connectivity index (χ1n) is 7.37. The Morgan fingerprint density at radius 2 is 2.11 bits per heavy atom. The van der Waals surface area contributed by atoms with E-state index in [1.807, 2.05) is 13.8 Å². The van der Waals surface area contributed by atoms with Gasteiger partial charge in [-0.1, -0.05) is 0 Å². The molecule has 1 N–H and O–H groups in total. The molecule has 0 unspecified atom stereocenters. The van der Waals surface area contributed by atoms with E-state index in [2.05, 4.69) is 10.2 Å². The lowest BCUT2D eigenvalue weighted by atomic mass is 9.82. The van der Waals surface area contributed by atoms with Crippen LogP contribution in [0.4, 0.5) is 0 Å². The fraction of sp³-hybridized carbons (Fsp3) is 1.00. The highest BCUT2D eigenvalue weighted by atomic mass is 16.7. The highest BCUT2D eigenvalue weighted by Crippen LogP contribution is 2.28. The normalized spacial score (nSPS) is 37.7. The zero-order valence-electron chi connectivity index (χ0n) is 11.7. The molecule has 3 aliphatic rings. The molecule has 3 aliphatic heterocycles. The molecule has 2 atom stereocenters. The maximum absolute atomic E-state index is 5.91. The van der Waals surface area contributed by atoms with Gasteiger partial charge >= 0.3 is 0 Å². The molecule has 3 fully saturated rings. The molecule has 0 aromatic heterocycles. The Balaban J connectivity index is 1.47. The number of hydrogen-bond acceptors (Lipinski definition) is 4. The molecule has 0 spiro atoms. The average molecular weight is 254 g/mol. The van der Waals surface area contributed by atoms with E-state index < -0.39 is 0 Å². The average Bonchev–Trinajstić information content (AvgIpc) is 2.56. The van der Waals surface area contributed by atoms with Gasteiger partial charge in [-0.25, -0.2) is 0 Å². The van der Waals surface area contributed by atoms with Gasteiger partial charge in [0.25, 0.3) is 0 Å². The van der Waals surface area contributed by atoms with Gasteiger partial charge in [0, 0.05) is 13.1 Å². The van der Waals surface area contributed by atoms with Crippen LogP contribution in [0.15, 0.2) is 0 Å². The molecule has 3 saturated heterocycles. The van der Waals surface area contributed by atoms with E-state index in [0.29, 0.717) is 0 Å². The summed E-state index contributed by atoms with van der Waals surface area (Å²) in [6, 6.07) is 0. The Labute approximate surface area is 110 Å². The lowest BCUT2D eigenvalue weighted by Gasteiger charge is -2.41. The smallest absolute Gasteiger partial charge is 0.163 e. The highest BCUT2D eigenvalue weighted by Gasteiger charge is 2.36. The monoisotopic (exact) mass is 254 g/mol. The van der Waals surface area contributed by atoms with Crippen LogP contribution in [0.2, 0.25) is 0 Å². The predicted molar refractivity (Wildman–Crippen MR) is 70.4 cm³/mol. The lowest BCUT2D eigenvalue weighted by molar-refractivity contribution is -0.141. The van der Waals surface area contributed by atoms with Crippen LogP contribution in [-0.2, 0) is 9.47 Å². The molecular weight excluding hydrogens is 228 g/mol. The van der Waals surface area contributed by atoms with Gasteiger partial charge in [-0.2, -0.15) is 0 Å². The third-order valence-corrected chi connectivity index (χ3v) is 4.55. The fourth-order valence-electron chi connectivity index (χ4n) is 3.43. The van der Waals surface area contributed by atoms with Gasteiger partial charge < -0.3 is 19.7 Å². The van der Waals surface area contributed by atoms with Crippen LogP contribution in [0.25, 0.3) is 0 Å². The minimum Gasteiger partial charge on any atom is -0.348 e. The summed E-state index contributed by atoms with van der Waals surface area (Å²) < 4.78 is 11.6. The fourth-order valence-corrected chi connectivity index (χ4v) is 3.43. The van der Waals surface area contributed by atoms with Crippen LogP contribution in [0.3, 0.4) is 0 Å². The van der Waals surface area contributed by atoms with Crippen LogP contribution in [-0.4, -0.2) is 56.1 Å². The summed E-state index contributed by atoms with van der Waals surface area (Å²) in [5.41, 5.74) is 0. The highest BCUT2D eigenvalue weighted by molar-refractivity contribution is 4.87. The molecule has 3 heterocycles. The van der Waals surface area contributed by atoms with Crippen LogP contribution < -0.4 is 5.32 Å². The van der Waals surface area contributed by atoms with E-state index in [0.717, 1.165) is 25.0 Å². The Bertz CT molecular complexity index is 292. The second-order valence-electron chi connectivity index (χ2n) is 6.53. The molecule has 0 saturated carbocycles. The van der Waals surface area contributed by atoms with Crippen molar-refractivity contribution >= 4 is 0 Å². The van der Waals surface area contributed by atoms with Gasteiger partial charge in [-0.15, -0.1) is 0 Å². The standard InChI is InChI=1S/C14H26N2O2/c1-14(2)17-10-13(18-14)9-16-5-3-4-11(8-16)12-6-15-7-12/h11-13,15H,3-10H2,1-2H3/t11-,13-/m0/s1. The Hall–Kier alpha value is -0.160. The first-order valence-corrected chi connectivity index (χ1v) is 7.37. The molecule has 0 aromatic carbocycles. The Kier molecular flexibility index (Phi) is 3.63. The molecule has 3 rings (SSSR count). The number of rotatable bonds is 3. The second-order valence-corrected chi connectivity index (χ2v) is 6.53. The lowest BCUT2D eigenvalue weighted by Crippen LogP contribution is -2.51. The van der Waals surface area contributed by atoms with Crippen LogP contribution >= 0.6 is 0 Å². The summed E-state index contributed by atoms with van der Waals surface area (Å²) >= 11 is 0. The predicted octanol–water partition coefficient (Wildman–Crippen LogP) is 1.07. The third kappa shape index (κ3) is 2.87. The van der Waals surface area contributed by atoms with Crippen molar-refractivity contribution in [2.75, 3.05) is 39.3 Å². The van der Waals surface area contributed by atoms with Gasteiger partial charge in [0.05, 0.1) is 12.7 Å². The number of hydrogen-bond donors (Lipinski definition) is 1. The van der Waals surface area contributed by atoms with Crippen LogP contribution in [0, 0.1) is 11.8 Å². The quantitative estimate of drug-likeness (QED) is 0.817. The van der Waals surface area contributed by atoms with Gasteiger partial charge in [0.1, 0.15) is 0 Å². The summed E-state index contributed by atoms with van der Waals surface area (Å²) in [6.45, 7) is 10.8. The van der Waals surface area contributed by atoms with E-state index in [-0.39, 0.29) is 11.9 Å². The van der Waals surface area contributed by atoms with Crippen LogP contribution in [0.1, 0.15) is 26.7 Å². The molecule has 104 valence electrons. The van der Waals surface area contributed by atoms with E-state index in [1.54, 1.807) is 0 Å². The summed E-state index contributed by atoms with van der Waals surface area (Å²) in [5.74, 6) is 1.44. The Morgan fingerprint density at radius 3 is 2.72 bits per heavy atom. The first kappa shape index (κ1) is 12.9. The summed E-state index contributed by atoms with van der Waals surface area (Å²) in [6.07, 6.45) is 3.02. The van der Waals surface area contributed by atoms with Crippen molar-refractivity contribution < 1.29 is 9.47 Å². The van der Waals surface area contributed by atoms with Crippen molar-refractivity contribution in [3.8, 4) is 0 Å². The van der Waals surface area contributed by atoms with Gasteiger partial charge in [0.15, 0.2) is 5.79 Å². The van der Waals surface area contributed by atoms with Gasteiger partial charge in [-0.3, -0.25) is 0 Å². The number of piperidine rings is 1. The summed E-state index contributed by atoms with van der Waals surface area (Å²) in [5, 5.41) is 3.39. The van der Waals surface area contributed by atoms with Crippen molar-refractivity contribution in [1.82, 2.24) is 10.2 Å². The molecule has 4 heteroatoms. The SMILES string of the molecule is CC1(C)OC[C@H](CN2CCC[C@H](C3CNC3)C2)O1. The van der Waals surface area contributed by atoms with E-state index in [4.69, 9.17) is 9.47 Å². The zero-order chi connectivity index (χ0) is 12.6. The van der Waals surface area contributed by atoms with Crippen molar-refractivity contribution in [2.24, 2.45) is 11.8 Å². The first-order chi connectivity index (χ1) is 8.62. The maximum atomic E-state index is 5.91. The van der Waals surface area contributed by atoms with Gasteiger partial charge in [-0.05, 0) is 58.2 Å². The van der Waals surface area contributed by atoms with Crippen molar-refractivity contribution in [3.05, 3.63) is 0 Å². The van der Waals surface area contributed by atoms with Crippen LogP contribution in [0.5, 0.6) is 0 Å². The third-order valence-electron chi connectivity index (χ3n) is 4.55. The molecule has 0 radical (unpaired) electrons. The summed E-state index contributed by atoms with van der Waals surface area (Å²) in [4.78, 5) is 2.59. The zero-order valence-corrected chi connectivity index (χ0v) is 11.7. The van der Waals surface area contributed by atoms with E-state index in [9.17, 15) is 0 Å². The molecule has 0 aromatic rings. The molecule has 0 amide bonds. The Morgan fingerprint density at radius 1 is 1.28 bits per heavy atom. The minimum atomic E-state index is -0.377. The molecule has 0 aliphatic carbocycles. The molecular formula is C14H26N2O2. The summed E-state index contributed by atoms with van der Waals surface area (Å²) in [7, 11) is 0. The molecule has 4 nitrogen and oxygen atoms in total. The number of nitrogens with zero attached hydrogens (tertiary/aromatic N) is 1. The van der Waals surface area contributed by atoms with Crippen molar-refractivity contribution in [3.63, 3.8) is 0 Å². The van der Waals surface area contributed by atoms with E-state index in [1.165, 1.54) is 39.0 Å². The molecule has 18 heavy (non-hydrogen) atoms. The van der Waals surface area contributed by atoms with Crippen molar-refractivity contribution in [2.45, 2.75) is 38.6 Å². The maximum Gasteiger partial charge on any atom is 0.163 e. The number of nitrogens with one attached hydrogen (secondary N) is 1. The number of likely N-dealkylation sites (tertiary alicyclic amines) is 1. The number of ether oxygens (including phenoxy) is 2. The van der Waals surface area contributed by atoms with Gasteiger partial charge in [0.2, 0.25) is 0 Å². The van der Waals surface area contributed by atoms with Crippen molar-refractivity contribution in [1.29, 1.82) is 0 Å². The second kappa shape index (κ2) is 5.08. The molecule has 0 bridgehead atoms. The minimum absolute atomic E-state index is 0.262. The largest absolute Gasteiger partial charge is 0.348 e. The van der Waals surface area contributed by atoms with E-state index >= 15 is 0 Å².